The van der Waals surface area contributed by atoms with Gasteiger partial charge in [-0.2, -0.15) is 15.0 Å². The van der Waals surface area contributed by atoms with Gasteiger partial charge in [0.05, 0.1) is 22.1 Å². The molecule has 0 saturated carbocycles. The molecule has 0 aliphatic carbocycles. The van der Waals surface area contributed by atoms with E-state index in [4.69, 9.17) is 16.6 Å². The highest BCUT2D eigenvalue weighted by molar-refractivity contribution is 6.28. The van der Waals surface area contributed by atoms with Gasteiger partial charge in [-0.3, -0.25) is 4.57 Å². The van der Waals surface area contributed by atoms with Crippen molar-refractivity contribution in [1.82, 2.24) is 24.1 Å². The van der Waals surface area contributed by atoms with Gasteiger partial charge in [-0.15, -0.1) is 0 Å². The maximum Gasteiger partial charge on any atom is 0.239 e. The monoisotopic (exact) mass is 521 g/mol. The third-order valence-corrected chi connectivity index (χ3v) is 7.48. The van der Waals surface area contributed by atoms with Crippen LogP contribution in [0.3, 0.4) is 0 Å². The Kier molecular flexibility index (Phi) is 4.81. The Morgan fingerprint density at radius 3 is 1.67 bits per heavy atom. The number of para-hydroxylation sites is 3. The van der Waals surface area contributed by atoms with Crippen LogP contribution < -0.4 is 0 Å². The summed E-state index contributed by atoms with van der Waals surface area (Å²) in [6, 6.07) is 41.7. The minimum atomic E-state index is 0.153. The second kappa shape index (κ2) is 8.51. The molecule has 0 saturated heterocycles. The van der Waals surface area contributed by atoms with Gasteiger partial charge < -0.3 is 4.57 Å². The first-order valence-corrected chi connectivity index (χ1v) is 13.1. The van der Waals surface area contributed by atoms with E-state index in [0.29, 0.717) is 11.8 Å². The van der Waals surface area contributed by atoms with Gasteiger partial charge in [0.1, 0.15) is 0 Å². The molecular formula is C33H20ClN5. The number of nitrogens with zero attached hydrogens (tertiary/aromatic N) is 5. The minimum absolute atomic E-state index is 0.153. The number of rotatable bonds is 3. The van der Waals surface area contributed by atoms with Gasteiger partial charge >= 0.3 is 0 Å². The van der Waals surface area contributed by atoms with Crippen molar-refractivity contribution in [3.05, 3.63) is 127 Å². The molecule has 3 heterocycles. The molecule has 0 unspecified atom stereocenters. The molecule has 0 amide bonds. The van der Waals surface area contributed by atoms with E-state index in [1.165, 1.54) is 5.39 Å². The van der Waals surface area contributed by atoms with Gasteiger partial charge in [-0.1, -0.05) is 97.1 Å². The Hall–Kier alpha value is -5.00. The topological polar surface area (TPSA) is 48.5 Å². The van der Waals surface area contributed by atoms with Crippen molar-refractivity contribution in [1.29, 1.82) is 0 Å². The summed E-state index contributed by atoms with van der Waals surface area (Å²) in [5.41, 5.74) is 6.23. The molecule has 0 atom stereocenters. The lowest BCUT2D eigenvalue weighted by Gasteiger charge is -2.12. The fraction of sp³-hybridized carbons (Fsp3) is 0. The Labute approximate surface area is 228 Å². The molecule has 0 aliphatic rings. The van der Waals surface area contributed by atoms with Gasteiger partial charge in [0.2, 0.25) is 11.2 Å². The second-order valence-corrected chi connectivity index (χ2v) is 9.83. The molecule has 39 heavy (non-hydrogen) atoms. The zero-order chi connectivity index (χ0) is 25.9. The number of hydrogen-bond acceptors (Lipinski definition) is 3. The summed E-state index contributed by atoms with van der Waals surface area (Å²) in [5.74, 6) is 1.02. The first-order valence-electron chi connectivity index (χ1n) is 12.8. The summed E-state index contributed by atoms with van der Waals surface area (Å²) in [7, 11) is 0. The van der Waals surface area contributed by atoms with Crippen molar-refractivity contribution >= 4 is 55.2 Å². The average molecular weight is 522 g/mol. The molecule has 3 aromatic heterocycles. The van der Waals surface area contributed by atoms with Gasteiger partial charge in [0.25, 0.3) is 0 Å². The lowest BCUT2D eigenvalue weighted by Crippen LogP contribution is -2.05. The lowest BCUT2D eigenvalue weighted by molar-refractivity contribution is 0.947. The highest BCUT2D eigenvalue weighted by Gasteiger charge is 2.22. The standard InChI is InChI=1S/C33H20ClN5/c34-32-35-31(21-11-3-1-4-12-21)36-33(37-32)39-28-18-10-8-16-24(28)26-20-19-25-23-15-7-9-17-27(23)38(29(25)30(26)39)22-13-5-2-6-14-22/h1-20H. The van der Waals surface area contributed by atoms with E-state index in [0.717, 1.165) is 49.5 Å². The number of fused-ring (bicyclic) bond motifs is 7. The van der Waals surface area contributed by atoms with Crippen LogP contribution in [-0.2, 0) is 0 Å². The molecule has 0 fully saturated rings. The summed E-state index contributed by atoms with van der Waals surface area (Å²) in [5, 5.41) is 4.75. The van der Waals surface area contributed by atoms with E-state index >= 15 is 0 Å². The van der Waals surface area contributed by atoms with Crippen molar-refractivity contribution in [3.8, 4) is 23.0 Å². The van der Waals surface area contributed by atoms with Crippen LogP contribution in [-0.4, -0.2) is 24.1 Å². The average Bonchev–Trinajstić information content (AvgIpc) is 3.51. The molecule has 0 radical (unpaired) electrons. The Morgan fingerprint density at radius 2 is 1.00 bits per heavy atom. The number of benzene rings is 5. The summed E-state index contributed by atoms with van der Waals surface area (Å²) < 4.78 is 4.47. The van der Waals surface area contributed by atoms with Crippen LogP contribution in [0.2, 0.25) is 5.28 Å². The van der Waals surface area contributed by atoms with Crippen molar-refractivity contribution in [2.75, 3.05) is 0 Å². The fourth-order valence-electron chi connectivity index (χ4n) is 5.71. The van der Waals surface area contributed by atoms with Crippen molar-refractivity contribution in [2.24, 2.45) is 0 Å². The highest BCUT2D eigenvalue weighted by atomic mass is 35.5. The predicted molar refractivity (Wildman–Crippen MR) is 159 cm³/mol. The first-order chi connectivity index (χ1) is 19.3. The third kappa shape index (κ3) is 3.30. The molecule has 8 aromatic rings. The third-order valence-electron chi connectivity index (χ3n) is 7.31. The molecule has 0 spiro atoms. The van der Waals surface area contributed by atoms with Crippen LogP contribution in [0.5, 0.6) is 0 Å². The summed E-state index contributed by atoms with van der Waals surface area (Å²) in [4.78, 5) is 14.1. The zero-order valence-electron chi connectivity index (χ0n) is 20.7. The van der Waals surface area contributed by atoms with E-state index < -0.39 is 0 Å². The van der Waals surface area contributed by atoms with Crippen LogP contribution >= 0.6 is 11.6 Å². The van der Waals surface area contributed by atoms with Gasteiger partial charge in [-0.05, 0) is 35.9 Å². The first kappa shape index (κ1) is 22.0. The van der Waals surface area contributed by atoms with Gasteiger partial charge in [0.15, 0.2) is 5.82 Å². The summed E-state index contributed by atoms with van der Waals surface area (Å²) in [6.45, 7) is 0. The molecule has 0 aliphatic heterocycles. The van der Waals surface area contributed by atoms with Crippen LogP contribution in [0, 0.1) is 0 Å². The van der Waals surface area contributed by atoms with E-state index in [9.17, 15) is 0 Å². The molecule has 0 N–H and O–H groups in total. The van der Waals surface area contributed by atoms with Crippen molar-refractivity contribution in [3.63, 3.8) is 0 Å². The quantitative estimate of drug-likeness (QED) is 0.234. The number of aromatic nitrogens is 5. The summed E-state index contributed by atoms with van der Waals surface area (Å²) in [6.07, 6.45) is 0. The lowest BCUT2D eigenvalue weighted by atomic mass is 10.1. The largest absolute Gasteiger partial charge is 0.307 e. The maximum atomic E-state index is 6.55. The molecule has 5 aromatic carbocycles. The van der Waals surface area contributed by atoms with Gasteiger partial charge in [-0.25, -0.2) is 0 Å². The smallest absolute Gasteiger partial charge is 0.239 e. The van der Waals surface area contributed by atoms with Crippen LogP contribution in [0.1, 0.15) is 0 Å². The minimum Gasteiger partial charge on any atom is -0.307 e. The van der Waals surface area contributed by atoms with E-state index in [-0.39, 0.29) is 5.28 Å². The van der Waals surface area contributed by atoms with Crippen LogP contribution in [0.25, 0.3) is 66.6 Å². The molecule has 184 valence electrons. The molecule has 0 bridgehead atoms. The summed E-state index contributed by atoms with van der Waals surface area (Å²) >= 11 is 6.55. The fourth-order valence-corrected chi connectivity index (χ4v) is 5.87. The molecule has 6 heteroatoms. The van der Waals surface area contributed by atoms with Crippen molar-refractivity contribution < 1.29 is 0 Å². The van der Waals surface area contributed by atoms with Gasteiger partial charge in [0, 0.05) is 32.8 Å². The molecular weight excluding hydrogens is 502 g/mol. The van der Waals surface area contributed by atoms with E-state index in [2.05, 4.69) is 98.0 Å². The maximum absolute atomic E-state index is 6.55. The number of halogens is 1. The zero-order valence-corrected chi connectivity index (χ0v) is 21.4. The van der Waals surface area contributed by atoms with E-state index in [1.807, 2.05) is 42.5 Å². The Balaban J connectivity index is 1.59. The predicted octanol–water partition coefficient (Wildman–Crippen LogP) is 8.39. The Morgan fingerprint density at radius 1 is 0.462 bits per heavy atom. The van der Waals surface area contributed by atoms with Crippen molar-refractivity contribution in [2.45, 2.75) is 0 Å². The highest BCUT2D eigenvalue weighted by Crippen LogP contribution is 2.41. The van der Waals surface area contributed by atoms with E-state index in [1.54, 1.807) is 0 Å². The second-order valence-electron chi connectivity index (χ2n) is 9.49. The molecule has 5 nitrogen and oxygen atoms in total. The molecule has 8 rings (SSSR count). The normalized spacial score (nSPS) is 11.7. The Bertz CT molecular complexity index is 2180. The van der Waals surface area contributed by atoms with Crippen LogP contribution in [0.15, 0.2) is 121 Å². The SMILES string of the molecule is Clc1nc(-c2ccccc2)nc(-n2c3ccccc3c3ccc4c5ccccc5n(-c5ccccc5)c4c32)n1. The van der Waals surface area contributed by atoms with Crippen LogP contribution in [0.4, 0.5) is 0 Å². The number of hydrogen-bond donors (Lipinski definition) is 0.